The number of rotatable bonds is 5. The molecule has 2 aromatic carbocycles. The molecule has 3 heteroatoms. The van der Waals surface area contributed by atoms with Gasteiger partial charge in [-0.3, -0.25) is 0 Å². The topological polar surface area (TPSA) is 34.1 Å². The number of aryl methyl sites for hydroxylation is 1. The Kier molecular flexibility index (Phi) is 5.44. The van der Waals surface area contributed by atoms with Crippen molar-refractivity contribution in [1.29, 1.82) is 0 Å². The van der Waals surface area contributed by atoms with E-state index >= 15 is 0 Å². The molecule has 30 heavy (non-hydrogen) atoms. The van der Waals surface area contributed by atoms with Crippen LogP contribution >= 0.6 is 0 Å². The summed E-state index contributed by atoms with van der Waals surface area (Å²) in [6.45, 7) is 3.98. The second-order valence-corrected chi connectivity index (χ2v) is 8.55. The van der Waals surface area contributed by atoms with Crippen LogP contribution in [0.5, 0.6) is 5.75 Å². The van der Waals surface area contributed by atoms with Crippen LogP contribution in [0.4, 0.5) is 5.82 Å². The van der Waals surface area contributed by atoms with Crippen molar-refractivity contribution in [3.63, 3.8) is 0 Å². The second-order valence-electron chi connectivity index (χ2n) is 8.55. The van der Waals surface area contributed by atoms with Gasteiger partial charge in [0.25, 0.3) is 0 Å². The van der Waals surface area contributed by atoms with Crippen molar-refractivity contribution < 1.29 is 4.74 Å². The molecular weight excluding hydrogens is 368 g/mol. The van der Waals surface area contributed by atoms with Crippen LogP contribution in [0.3, 0.4) is 0 Å². The normalized spacial score (nSPS) is 17.2. The Bertz CT molecular complexity index is 1040. The van der Waals surface area contributed by atoms with Gasteiger partial charge in [0.2, 0.25) is 0 Å². The summed E-state index contributed by atoms with van der Waals surface area (Å²) < 4.78 is 6.14. The monoisotopic (exact) mass is 398 g/mol. The number of hydrogen-bond donors (Lipinski definition) is 1. The maximum Gasteiger partial charge on any atom is 0.129 e. The summed E-state index contributed by atoms with van der Waals surface area (Å²) in [5.74, 6) is 2.64. The van der Waals surface area contributed by atoms with E-state index in [4.69, 9.17) is 9.72 Å². The number of benzene rings is 2. The molecule has 5 rings (SSSR count). The molecule has 3 aromatic rings. The molecule has 3 nitrogen and oxygen atoms in total. The third kappa shape index (κ3) is 3.94. The van der Waals surface area contributed by atoms with E-state index in [9.17, 15) is 0 Å². The standard InChI is InChI=1S/C27H30N2O/c1-2-19-16-21-10-12-25(18-23(21)17-22-6-3-4-8-26(19)22)30-15-13-24-11-9-20-7-5-14-28-27(20)29-24/h3-4,6,8-12,18-19H,2,5,7,13-17H2,1H3,(H,28,29)/t19-/m1/s1. The highest BCUT2D eigenvalue weighted by Gasteiger charge is 2.21. The smallest absolute Gasteiger partial charge is 0.129 e. The molecule has 1 N–H and O–H groups in total. The van der Waals surface area contributed by atoms with E-state index in [1.54, 1.807) is 0 Å². The van der Waals surface area contributed by atoms with Crippen LogP contribution in [-0.2, 0) is 25.7 Å². The Morgan fingerprint density at radius 2 is 1.90 bits per heavy atom. The van der Waals surface area contributed by atoms with Gasteiger partial charge < -0.3 is 10.1 Å². The first kappa shape index (κ1) is 19.2. The van der Waals surface area contributed by atoms with Crippen LogP contribution < -0.4 is 10.1 Å². The molecule has 1 aliphatic carbocycles. The van der Waals surface area contributed by atoms with Crippen molar-refractivity contribution in [3.05, 3.63) is 88.1 Å². The van der Waals surface area contributed by atoms with Gasteiger partial charge in [-0.25, -0.2) is 4.98 Å². The van der Waals surface area contributed by atoms with E-state index < -0.39 is 0 Å². The van der Waals surface area contributed by atoms with Crippen LogP contribution in [0.2, 0.25) is 0 Å². The first-order valence-electron chi connectivity index (χ1n) is 11.3. The molecular formula is C27H30N2O. The van der Waals surface area contributed by atoms with Gasteiger partial charge in [0, 0.05) is 18.7 Å². The Morgan fingerprint density at radius 1 is 1.00 bits per heavy atom. The summed E-state index contributed by atoms with van der Waals surface area (Å²) in [4.78, 5) is 4.78. The highest BCUT2D eigenvalue weighted by atomic mass is 16.5. The number of nitrogens with one attached hydrogen (secondary N) is 1. The zero-order valence-electron chi connectivity index (χ0n) is 17.8. The second kappa shape index (κ2) is 8.51. The summed E-state index contributed by atoms with van der Waals surface area (Å²) in [7, 11) is 0. The molecule has 1 aliphatic heterocycles. The third-order valence-electron chi connectivity index (χ3n) is 6.59. The summed E-state index contributed by atoms with van der Waals surface area (Å²) >= 11 is 0. The molecule has 1 aromatic heterocycles. The first-order chi connectivity index (χ1) is 14.8. The average molecular weight is 399 g/mol. The molecule has 0 spiro atoms. The van der Waals surface area contributed by atoms with Crippen molar-refractivity contribution in [3.8, 4) is 5.75 Å². The minimum absolute atomic E-state index is 0.609. The highest BCUT2D eigenvalue weighted by molar-refractivity contribution is 5.47. The zero-order valence-corrected chi connectivity index (χ0v) is 17.8. The van der Waals surface area contributed by atoms with E-state index in [0.717, 1.165) is 49.5 Å². The molecule has 2 aliphatic rings. The zero-order chi connectivity index (χ0) is 20.3. The average Bonchev–Trinajstić information content (AvgIpc) is 2.95. The van der Waals surface area contributed by atoms with E-state index in [2.05, 4.69) is 66.8 Å². The van der Waals surface area contributed by atoms with Crippen LogP contribution in [-0.4, -0.2) is 18.1 Å². The van der Waals surface area contributed by atoms with Crippen LogP contribution in [0, 0.1) is 0 Å². The third-order valence-corrected chi connectivity index (χ3v) is 6.59. The molecule has 0 saturated carbocycles. The predicted molar refractivity (Wildman–Crippen MR) is 123 cm³/mol. The number of aromatic nitrogens is 1. The Balaban J connectivity index is 1.28. The van der Waals surface area contributed by atoms with Gasteiger partial charge in [0.1, 0.15) is 11.6 Å². The summed E-state index contributed by atoms with van der Waals surface area (Å²) in [5.41, 5.74) is 8.29. The molecule has 0 amide bonds. The van der Waals surface area contributed by atoms with E-state index in [1.165, 1.54) is 40.7 Å². The number of hydrogen-bond acceptors (Lipinski definition) is 3. The summed E-state index contributed by atoms with van der Waals surface area (Å²) in [6.07, 6.45) is 6.44. The molecule has 0 bridgehead atoms. The maximum absolute atomic E-state index is 6.14. The van der Waals surface area contributed by atoms with Gasteiger partial charge in [-0.2, -0.15) is 0 Å². The molecule has 2 heterocycles. The molecule has 0 saturated heterocycles. The molecule has 1 atom stereocenters. The number of ether oxygens (including phenoxy) is 1. The van der Waals surface area contributed by atoms with Gasteiger partial charge in [-0.15, -0.1) is 0 Å². The molecule has 0 radical (unpaired) electrons. The van der Waals surface area contributed by atoms with E-state index in [0.29, 0.717) is 12.5 Å². The molecule has 0 unspecified atom stereocenters. The quantitative estimate of drug-likeness (QED) is 0.598. The lowest BCUT2D eigenvalue weighted by atomic mass is 9.89. The SMILES string of the molecule is CC[C@@H]1Cc2ccc(OCCc3ccc4c(n3)NCCC4)cc2Cc2ccccc21. The van der Waals surface area contributed by atoms with Crippen molar-refractivity contribution in [1.82, 2.24) is 4.98 Å². The lowest BCUT2D eigenvalue weighted by Crippen LogP contribution is -2.14. The first-order valence-corrected chi connectivity index (χ1v) is 11.3. The van der Waals surface area contributed by atoms with E-state index in [1.807, 2.05) is 0 Å². The number of anilines is 1. The van der Waals surface area contributed by atoms with Crippen LogP contribution in [0.25, 0.3) is 0 Å². The van der Waals surface area contributed by atoms with Gasteiger partial charge in [-0.05, 0) is 84.0 Å². The molecule has 154 valence electrons. The van der Waals surface area contributed by atoms with Crippen molar-refractivity contribution in [2.75, 3.05) is 18.5 Å². The van der Waals surface area contributed by atoms with Gasteiger partial charge in [-0.1, -0.05) is 43.3 Å². The lowest BCUT2D eigenvalue weighted by Gasteiger charge is -2.17. The summed E-state index contributed by atoms with van der Waals surface area (Å²) in [5, 5.41) is 3.42. The number of fused-ring (bicyclic) bond motifs is 3. The highest BCUT2D eigenvalue weighted by Crippen LogP contribution is 2.35. The number of pyridine rings is 1. The van der Waals surface area contributed by atoms with Gasteiger partial charge in [0.15, 0.2) is 0 Å². The molecule has 0 fully saturated rings. The van der Waals surface area contributed by atoms with Crippen LogP contribution in [0.1, 0.15) is 59.2 Å². The Morgan fingerprint density at radius 3 is 2.83 bits per heavy atom. The van der Waals surface area contributed by atoms with Crippen molar-refractivity contribution in [2.24, 2.45) is 0 Å². The number of nitrogens with zero attached hydrogens (tertiary/aromatic N) is 1. The van der Waals surface area contributed by atoms with Gasteiger partial charge >= 0.3 is 0 Å². The van der Waals surface area contributed by atoms with Gasteiger partial charge in [0.05, 0.1) is 6.61 Å². The lowest BCUT2D eigenvalue weighted by molar-refractivity contribution is 0.320. The minimum atomic E-state index is 0.609. The van der Waals surface area contributed by atoms with Crippen LogP contribution in [0.15, 0.2) is 54.6 Å². The van der Waals surface area contributed by atoms with Crippen molar-refractivity contribution in [2.45, 2.75) is 51.4 Å². The fourth-order valence-corrected chi connectivity index (χ4v) is 4.88. The van der Waals surface area contributed by atoms with E-state index in [-0.39, 0.29) is 0 Å². The largest absolute Gasteiger partial charge is 0.493 e. The fraction of sp³-hybridized carbons (Fsp3) is 0.370. The Labute approximate surface area is 179 Å². The van der Waals surface area contributed by atoms with Crippen molar-refractivity contribution >= 4 is 5.82 Å². The predicted octanol–water partition coefficient (Wildman–Crippen LogP) is 5.70. The Hall–Kier alpha value is -2.81. The maximum atomic E-state index is 6.14. The minimum Gasteiger partial charge on any atom is -0.493 e. The fourth-order valence-electron chi connectivity index (χ4n) is 4.88. The summed E-state index contributed by atoms with van der Waals surface area (Å²) in [6, 6.07) is 20.0.